The molecule has 210 valence electrons. The van der Waals surface area contributed by atoms with Crippen molar-refractivity contribution >= 4 is 23.0 Å². The lowest BCUT2D eigenvalue weighted by Gasteiger charge is -2.34. The molecular formula is C35H36N2O4. The highest BCUT2D eigenvalue weighted by molar-refractivity contribution is 5.97. The summed E-state index contributed by atoms with van der Waals surface area (Å²) in [4.78, 5) is 13.5. The predicted molar refractivity (Wildman–Crippen MR) is 163 cm³/mol. The van der Waals surface area contributed by atoms with Crippen LogP contribution in [-0.2, 0) is 10.3 Å². The Morgan fingerprint density at radius 1 is 0.854 bits per heavy atom. The van der Waals surface area contributed by atoms with E-state index in [2.05, 4.69) is 10.6 Å². The van der Waals surface area contributed by atoms with Gasteiger partial charge in [-0.3, -0.25) is 0 Å². The second-order valence-electron chi connectivity index (χ2n) is 11.1. The second kappa shape index (κ2) is 10.8. The summed E-state index contributed by atoms with van der Waals surface area (Å²) in [6, 6.07) is 25.4. The molecule has 1 fully saturated rings. The van der Waals surface area contributed by atoms with Crippen molar-refractivity contribution in [1.29, 1.82) is 0 Å². The van der Waals surface area contributed by atoms with Gasteiger partial charge >= 0.3 is 5.97 Å². The first kappa shape index (κ1) is 26.8. The Kier molecular flexibility index (Phi) is 7.08. The van der Waals surface area contributed by atoms with Gasteiger partial charge in [-0.2, -0.15) is 0 Å². The Balaban J connectivity index is 1.58. The fraction of sp³-hybridized carbons (Fsp3) is 0.286. The molecule has 4 aromatic rings. The van der Waals surface area contributed by atoms with E-state index in [-0.39, 0.29) is 11.8 Å². The molecule has 1 saturated carbocycles. The lowest BCUT2D eigenvalue weighted by atomic mass is 9.78. The summed E-state index contributed by atoms with van der Waals surface area (Å²) >= 11 is 0. The summed E-state index contributed by atoms with van der Waals surface area (Å²) in [7, 11) is 1.62. The van der Waals surface area contributed by atoms with Gasteiger partial charge < -0.3 is 25.2 Å². The number of esters is 1. The van der Waals surface area contributed by atoms with Crippen LogP contribution in [-0.4, -0.2) is 24.2 Å². The molecular weight excluding hydrogens is 512 g/mol. The summed E-state index contributed by atoms with van der Waals surface area (Å²) in [5, 5.41) is 19.2. The number of phenols is 1. The van der Waals surface area contributed by atoms with Crippen molar-refractivity contribution in [2.24, 2.45) is 0 Å². The number of cyclic esters (lactones) is 1. The molecule has 0 bridgehead atoms. The van der Waals surface area contributed by atoms with Crippen LogP contribution in [0.2, 0.25) is 0 Å². The molecule has 41 heavy (non-hydrogen) atoms. The molecule has 1 aliphatic heterocycles. The first-order valence-electron chi connectivity index (χ1n) is 14.4. The summed E-state index contributed by atoms with van der Waals surface area (Å²) in [5.74, 6) is 0.204. The molecule has 1 atom stereocenters. The lowest BCUT2D eigenvalue weighted by molar-refractivity contribution is 0.0239. The van der Waals surface area contributed by atoms with Crippen LogP contribution in [0.1, 0.15) is 70.3 Å². The van der Waals surface area contributed by atoms with Crippen molar-refractivity contribution in [2.75, 3.05) is 17.7 Å². The van der Waals surface area contributed by atoms with E-state index in [1.807, 2.05) is 86.6 Å². The fourth-order valence-electron chi connectivity index (χ4n) is 6.31. The van der Waals surface area contributed by atoms with E-state index in [0.29, 0.717) is 33.7 Å². The van der Waals surface area contributed by atoms with Gasteiger partial charge in [-0.25, -0.2) is 4.79 Å². The van der Waals surface area contributed by atoms with Gasteiger partial charge in [0.1, 0.15) is 11.5 Å². The van der Waals surface area contributed by atoms with Crippen molar-refractivity contribution < 1.29 is 19.4 Å². The van der Waals surface area contributed by atoms with Crippen molar-refractivity contribution in [3.8, 4) is 11.5 Å². The summed E-state index contributed by atoms with van der Waals surface area (Å²) < 4.78 is 12.3. The zero-order valence-electron chi connectivity index (χ0n) is 23.8. The van der Waals surface area contributed by atoms with Crippen molar-refractivity contribution in [3.05, 3.63) is 112 Å². The van der Waals surface area contributed by atoms with Crippen LogP contribution in [0.15, 0.2) is 78.9 Å². The number of anilines is 3. The molecule has 2 aliphatic rings. The number of fused-ring (bicyclic) bond motifs is 1. The van der Waals surface area contributed by atoms with Crippen LogP contribution in [0.25, 0.3) is 0 Å². The summed E-state index contributed by atoms with van der Waals surface area (Å²) in [6.07, 6.45) is 5.71. The third-order valence-corrected chi connectivity index (χ3v) is 8.47. The molecule has 0 radical (unpaired) electrons. The minimum absolute atomic E-state index is 0.0836. The van der Waals surface area contributed by atoms with E-state index in [0.717, 1.165) is 35.3 Å². The van der Waals surface area contributed by atoms with Crippen molar-refractivity contribution in [1.82, 2.24) is 0 Å². The summed E-state index contributed by atoms with van der Waals surface area (Å²) in [6.45, 7) is 4.00. The average Bonchev–Trinajstić information content (AvgIpc) is 3.30. The molecule has 1 aliphatic carbocycles. The van der Waals surface area contributed by atoms with Crippen LogP contribution in [0.5, 0.6) is 11.5 Å². The quantitative estimate of drug-likeness (QED) is 0.161. The van der Waals surface area contributed by atoms with Crippen LogP contribution >= 0.6 is 0 Å². The standard InChI is InChI=1S/C35H36N2O4/c1-22-18-19-28(33(38)32(22)37-25-14-8-5-9-15-25)35(27-17-11-10-16-26(27)34(39)41-35)29-21-30(23(2)20-31(29)40-3)36-24-12-6-4-7-13-24/h4,6-7,10-13,16-21,25,36-38H,5,8-9,14-15H2,1-3H3. The molecule has 1 unspecified atom stereocenters. The number of phenolic OH excluding ortho intramolecular Hbond substituents is 1. The number of benzene rings is 4. The average molecular weight is 549 g/mol. The molecule has 0 aromatic heterocycles. The van der Waals surface area contributed by atoms with Gasteiger partial charge in [-0.1, -0.05) is 67.8 Å². The second-order valence-corrected chi connectivity index (χ2v) is 11.1. The minimum Gasteiger partial charge on any atom is -0.505 e. The smallest absolute Gasteiger partial charge is 0.340 e. The van der Waals surface area contributed by atoms with Gasteiger partial charge in [-0.05, 0) is 68.1 Å². The molecule has 6 heteroatoms. The number of hydrogen-bond donors (Lipinski definition) is 3. The zero-order valence-corrected chi connectivity index (χ0v) is 23.8. The zero-order chi connectivity index (χ0) is 28.6. The molecule has 6 rings (SSSR count). The van der Waals surface area contributed by atoms with E-state index in [1.165, 1.54) is 19.3 Å². The maximum Gasteiger partial charge on any atom is 0.340 e. The van der Waals surface area contributed by atoms with E-state index >= 15 is 0 Å². The van der Waals surface area contributed by atoms with Gasteiger partial charge in [-0.15, -0.1) is 0 Å². The molecule has 3 N–H and O–H groups in total. The normalized spacial score (nSPS) is 18.5. The van der Waals surface area contributed by atoms with E-state index in [1.54, 1.807) is 13.2 Å². The van der Waals surface area contributed by atoms with Gasteiger partial charge in [0, 0.05) is 34.1 Å². The maximum atomic E-state index is 13.5. The van der Waals surface area contributed by atoms with Crippen molar-refractivity contribution in [3.63, 3.8) is 0 Å². The molecule has 0 saturated heterocycles. The largest absolute Gasteiger partial charge is 0.505 e. The minimum atomic E-state index is -1.43. The van der Waals surface area contributed by atoms with E-state index in [4.69, 9.17) is 9.47 Å². The van der Waals surface area contributed by atoms with Crippen LogP contribution < -0.4 is 15.4 Å². The number of aromatic hydroxyl groups is 1. The fourth-order valence-corrected chi connectivity index (χ4v) is 6.31. The number of carbonyl (C=O) groups excluding carboxylic acids is 1. The SMILES string of the molecule is COc1cc(C)c(Nc2ccccc2)cc1C1(c2ccc(C)c(NC3CCCCC3)c2O)OC(=O)c2ccccc21. The Bertz CT molecular complexity index is 1590. The highest BCUT2D eigenvalue weighted by Gasteiger charge is 2.52. The highest BCUT2D eigenvalue weighted by Crippen LogP contribution is 2.54. The number of rotatable bonds is 7. The number of para-hydroxylation sites is 1. The van der Waals surface area contributed by atoms with Crippen LogP contribution in [0, 0.1) is 13.8 Å². The van der Waals surface area contributed by atoms with Gasteiger partial charge in [0.25, 0.3) is 0 Å². The van der Waals surface area contributed by atoms with Gasteiger partial charge in [0.05, 0.1) is 18.4 Å². The first-order valence-corrected chi connectivity index (χ1v) is 14.4. The third-order valence-electron chi connectivity index (χ3n) is 8.47. The Hall–Kier alpha value is -4.45. The lowest BCUT2D eigenvalue weighted by Crippen LogP contribution is -2.31. The van der Waals surface area contributed by atoms with Gasteiger partial charge in [0.15, 0.2) is 5.60 Å². The number of hydrogen-bond acceptors (Lipinski definition) is 6. The predicted octanol–water partition coefficient (Wildman–Crippen LogP) is 7.97. The Labute approximate surface area is 241 Å². The molecule has 6 nitrogen and oxygen atoms in total. The molecule has 1 heterocycles. The number of aryl methyl sites for hydroxylation is 2. The molecule has 4 aromatic carbocycles. The third kappa shape index (κ3) is 4.67. The van der Waals surface area contributed by atoms with E-state index < -0.39 is 11.6 Å². The van der Waals surface area contributed by atoms with Crippen LogP contribution in [0.4, 0.5) is 17.1 Å². The summed E-state index contributed by atoms with van der Waals surface area (Å²) in [5.41, 5.74) is 5.19. The molecule has 0 amide bonds. The highest BCUT2D eigenvalue weighted by atomic mass is 16.6. The monoisotopic (exact) mass is 548 g/mol. The van der Waals surface area contributed by atoms with Gasteiger partial charge in [0.2, 0.25) is 0 Å². The first-order chi connectivity index (χ1) is 19.9. The van der Waals surface area contributed by atoms with E-state index in [9.17, 15) is 9.90 Å². The number of methoxy groups -OCH3 is 1. The van der Waals surface area contributed by atoms with Crippen LogP contribution in [0.3, 0.4) is 0 Å². The van der Waals surface area contributed by atoms with Crippen molar-refractivity contribution in [2.45, 2.75) is 57.6 Å². The molecule has 0 spiro atoms. The Morgan fingerprint density at radius 2 is 1.59 bits per heavy atom. The number of nitrogens with one attached hydrogen (secondary N) is 2. The maximum absolute atomic E-state index is 13.5. The topological polar surface area (TPSA) is 79.8 Å². The number of ether oxygens (including phenoxy) is 2. The number of carbonyl (C=O) groups is 1. The Morgan fingerprint density at radius 3 is 2.34 bits per heavy atom.